The van der Waals surface area contributed by atoms with Crippen LogP contribution in [-0.2, 0) is 0 Å². The van der Waals surface area contributed by atoms with Crippen molar-refractivity contribution in [2.45, 2.75) is 32.6 Å². The number of hydrogen-bond acceptors (Lipinski definition) is 9. The van der Waals surface area contributed by atoms with Gasteiger partial charge in [-0.1, -0.05) is 0 Å². The number of nitriles is 1. The molecule has 0 spiro atoms. The molecule has 1 aliphatic heterocycles. The van der Waals surface area contributed by atoms with E-state index >= 15 is 0 Å². The number of piperazine rings is 1. The predicted molar refractivity (Wildman–Crippen MR) is 126 cm³/mol. The zero-order valence-corrected chi connectivity index (χ0v) is 19.7. The molecule has 4 aromatic heterocycles. The molecular weight excluding hydrogens is 452 g/mol. The Kier molecular flexibility index (Phi) is 4.88. The van der Waals surface area contributed by atoms with Crippen molar-refractivity contribution in [3.63, 3.8) is 0 Å². The fourth-order valence-electron chi connectivity index (χ4n) is 4.44. The molecule has 2 fully saturated rings. The Hall–Kier alpha value is -3.71. The lowest BCUT2D eigenvalue weighted by Gasteiger charge is -2.34. The molecule has 172 valence electrons. The van der Waals surface area contributed by atoms with Gasteiger partial charge in [-0.3, -0.25) is 4.79 Å². The third-order valence-corrected chi connectivity index (χ3v) is 7.59. The summed E-state index contributed by atoms with van der Waals surface area (Å²) in [6.07, 6.45) is 3.72. The van der Waals surface area contributed by atoms with Gasteiger partial charge in [0.2, 0.25) is 17.5 Å². The van der Waals surface area contributed by atoms with Gasteiger partial charge < -0.3 is 18.6 Å². The second-order valence-electron chi connectivity index (χ2n) is 8.72. The van der Waals surface area contributed by atoms with E-state index in [9.17, 15) is 10.1 Å². The third-order valence-electron chi connectivity index (χ3n) is 6.42. The van der Waals surface area contributed by atoms with Crippen LogP contribution in [0.15, 0.2) is 27.2 Å². The Morgan fingerprint density at radius 1 is 1.18 bits per heavy atom. The van der Waals surface area contributed by atoms with Crippen molar-refractivity contribution in [3.8, 4) is 17.7 Å². The molecule has 1 saturated heterocycles. The normalized spacial score (nSPS) is 16.3. The molecule has 0 aromatic carbocycles. The highest BCUT2D eigenvalue weighted by atomic mass is 32.1. The van der Waals surface area contributed by atoms with E-state index in [4.69, 9.17) is 8.83 Å². The van der Waals surface area contributed by atoms with Gasteiger partial charge in [0.25, 0.3) is 5.91 Å². The van der Waals surface area contributed by atoms with Crippen LogP contribution in [0.1, 0.15) is 51.3 Å². The zero-order chi connectivity index (χ0) is 23.4. The number of furan rings is 1. The number of hydrogen-bond donors (Lipinski definition) is 0. The van der Waals surface area contributed by atoms with Crippen molar-refractivity contribution in [3.05, 3.63) is 46.1 Å². The number of aryl methyl sites for hydroxylation is 2. The van der Waals surface area contributed by atoms with E-state index in [1.807, 2.05) is 29.7 Å². The average molecular weight is 475 g/mol. The van der Waals surface area contributed by atoms with Gasteiger partial charge >= 0.3 is 0 Å². The zero-order valence-electron chi connectivity index (χ0n) is 18.9. The Labute approximate surface area is 199 Å². The minimum absolute atomic E-state index is 0.00385. The van der Waals surface area contributed by atoms with Gasteiger partial charge in [0.05, 0.1) is 16.8 Å². The van der Waals surface area contributed by atoms with Crippen molar-refractivity contribution in [1.82, 2.24) is 19.9 Å². The number of carbonyl (C=O) groups excluding carboxylic acids is 1. The minimum atomic E-state index is -0.00385. The van der Waals surface area contributed by atoms with E-state index in [0.29, 0.717) is 66.0 Å². The van der Waals surface area contributed by atoms with Crippen molar-refractivity contribution in [1.29, 1.82) is 5.26 Å². The van der Waals surface area contributed by atoms with Gasteiger partial charge in [-0.2, -0.15) is 5.26 Å². The van der Waals surface area contributed by atoms with Crippen LogP contribution in [0, 0.1) is 25.2 Å². The number of thiophene rings is 1. The molecule has 5 heterocycles. The Bertz CT molecular complexity index is 1440. The topological polar surface area (TPSA) is 112 Å². The van der Waals surface area contributed by atoms with Crippen LogP contribution >= 0.6 is 11.3 Å². The summed E-state index contributed by atoms with van der Waals surface area (Å²) in [4.78, 5) is 32.4. The van der Waals surface area contributed by atoms with Crippen LogP contribution < -0.4 is 4.90 Å². The monoisotopic (exact) mass is 474 g/mol. The lowest BCUT2D eigenvalue weighted by molar-refractivity contribution is 0.0749. The van der Waals surface area contributed by atoms with Crippen molar-refractivity contribution in [2.24, 2.45) is 0 Å². The van der Waals surface area contributed by atoms with Crippen molar-refractivity contribution in [2.75, 3.05) is 31.1 Å². The highest BCUT2D eigenvalue weighted by Crippen LogP contribution is 2.41. The smallest absolute Gasteiger partial charge is 0.264 e. The maximum Gasteiger partial charge on any atom is 0.264 e. The quantitative estimate of drug-likeness (QED) is 0.431. The molecule has 0 unspecified atom stereocenters. The second kappa shape index (κ2) is 7.95. The number of fused-ring (bicyclic) bond motifs is 1. The molecule has 1 saturated carbocycles. The van der Waals surface area contributed by atoms with E-state index < -0.39 is 0 Å². The number of amides is 1. The van der Waals surface area contributed by atoms with Gasteiger partial charge in [-0.25, -0.2) is 15.0 Å². The summed E-state index contributed by atoms with van der Waals surface area (Å²) >= 11 is 1.40. The molecule has 0 atom stereocenters. The lowest BCUT2D eigenvalue weighted by atomic mass is 10.1. The summed E-state index contributed by atoms with van der Waals surface area (Å²) in [5.41, 5.74) is 2.07. The van der Waals surface area contributed by atoms with E-state index in [-0.39, 0.29) is 5.91 Å². The standard InChI is InChI=1S/C24H22N6O3S/c1-13-18-14(2)26-20(17-4-3-11-32-17)28-22(18)34-19(13)23(31)29-7-9-30(10-8-29)24-16(12-25)27-21(33-24)15-5-6-15/h3-4,11,15H,5-10H2,1-2H3. The summed E-state index contributed by atoms with van der Waals surface area (Å²) in [5, 5.41) is 10.4. The molecule has 1 aliphatic carbocycles. The summed E-state index contributed by atoms with van der Waals surface area (Å²) in [6, 6.07) is 5.78. The predicted octanol–water partition coefficient (Wildman–Crippen LogP) is 4.27. The second-order valence-corrected chi connectivity index (χ2v) is 9.72. The Morgan fingerprint density at radius 2 is 1.97 bits per heavy atom. The van der Waals surface area contributed by atoms with Crippen LogP contribution in [0.25, 0.3) is 21.8 Å². The third kappa shape index (κ3) is 3.44. The van der Waals surface area contributed by atoms with Crippen LogP contribution in [0.2, 0.25) is 0 Å². The first-order valence-corrected chi connectivity index (χ1v) is 12.1. The van der Waals surface area contributed by atoms with Crippen LogP contribution in [0.3, 0.4) is 0 Å². The minimum Gasteiger partial charge on any atom is -0.461 e. The van der Waals surface area contributed by atoms with Crippen LogP contribution in [0.4, 0.5) is 5.88 Å². The van der Waals surface area contributed by atoms with Crippen LogP contribution in [0.5, 0.6) is 0 Å². The Morgan fingerprint density at radius 3 is 2.65 bits per heavy atom. The summed E-state index contributed by atoms with van der Waals surface area (Å²) < 4.78 is 11.4. The molecule has 1 amide bonds. The van der Waals surface area contributed by atoms with E-state index in [2.05, 4.69) is 21.0 Å². The van der Waals surface area contributed by atoms with Crippen molar-refractivity contribution >= 4 is 33.3 Å². The summed E-state index contributed by atoms with van der Waals surface area (Å²) in [5.74, 6) is 2.67. The molecule has 4 aromatic rings. The molecule has 6 rings (SSSR count). The number of anilines is 1. The number of nitrogens with zero attached hydrogens (tertiary/aromatic N) is 6. The fourth-order valence-corrected chi connectivity index (χ4v) is 5.64. The number of carbonyl (C=O) groups is 1. The van der Waals surface area contributed by atoms with Crippen molar-refractivity contribution < 1.29 is 13.6 Å². The van der Waals surface area contributed by atoms with Gasteiger partial charge in [0.1, 0.15) is 10.9 Å². The maximum absolute atomic E-state index is 13.4. The largest absolute Gasteiger partial charge is 0.461 e. The number of oxazole rings is 1. The highest BCUT2D eigenvalue weighted by Gasteiger charge is 2.33. The first-order valence-electron chi connectivity index (χ1n) is 11.3. The molecular formula is C24H22N6O3S. The van der Waals surface area contributed by atoms with Gasteiger partial charge in [0, 0.05) is 37.5 Å². The SMILES string of the molecule is Cc1nc(-c2ccco2)nc2sc(C(=O)N3CCN(c4oc(C5CC5)nc4C#N)CC3)c(C)c12. The average Bonchev–Trinajstić information content (AvgIpc) is 3.24. The number of aromatic nitrogens is 3. The Balaban J connectivity index is 1.23. The van der Waals surface area contributed by atoms with E-state index in [1.165, 1.54) is 11.3 Å². The summed E-state index contributed by atoms with van der Waals surface area (Å²) in [7, 11) is 0. The molecule has 34 heavy (non-hydrogen) atoms. The van der Waals surface area contributed by atoms with E-state index in [0.717, 1.165) is 34.3 Å². The molecule has 0 radical (unpaired) electrons. The number of rotatable bonds is 4. The van der Waals surface area contributed by atoms with Crippen LogP contribution in [-0.4, -0.2) is 51.9 Å². The van der Waals surface area contributed by atoms with Gasteiger partial charge in [0.15, 0.2) is 11.6 Å². The maximum atomic E-state index is 13.4. The first-order chi connectivity index (χ1) is 16.5. The first kappa shape index (κ1) is 20.9. The highest BCUT2D eigenvalue weighted by molar-refractivity contribution is 7.20. The van der Waals surface area contributed by atoms with Gasteiger partial charge in [-0.05, 0) is 44.4 Å². The van der Waals surface area contributed by atoms with E-state index in [1.54, 1.807) is 12.3 Å². The molecule has 0 bridgehead atoms. The van der Waals surface area contributed by atoms with Gasteiger partial charge in [-0.15, -0.1) is 11.3 Å². The summed E-state index contributed by atoms with van der Waals surface area (Å²) in [6.45, 7) is 6.15. The fraction of sp³-hybridized carbons (Fsp3) is 0.375. The molecule has 0 N–H and O–H groups in total. The lowest BCUT2D eigenvalue weighted by Crippen LogP contribution is -2.48. The molecule has 2 aliphatic rings. The molecule has 9 nitrogen and oxygen atoms in total. The molecule has 10 heteroatoms.